The molecular weight excluding hydrogens is 398 g/mol. The summed E-state index contributed by atoms with van der Waals surface area (Å²) in [4.78, 5) is 13.1. The number of rotatable bonds is 8. The number of nitrogens with zero attached hydrogens (tertiary/aromatic N) is 4. The molecule has 0 saturated carbocycles. The van der Waals surface area contributed by atoms with Gasteiger partial charge in [-0.3, -0.25) is 4.79 Å². The lowest BCUT2D eigenvalue weighted by Crippen LogP contribution is -2.19. The Morgan fingerprint density at radius 2 is 2.14 bits per heavy atom. The van der Waals surface area contributed by atoms with Gasteiger partial charge < -0.3 is 10.1 Å². The van der Waals surface area contributed by atoms with E-state index in [4.69, 9.17) is 16.3 Å². The average molecular weight is 416 g/mol. The quantitative estimate of drug-likeness (QED) is 0.442. The van der Waals surface area contributed by atoms with E-state index >= 15 is 0 Å². The molecule has 1 unspecified atom stereocenters. The lowest BCUT2D eigenvalue weighted by Gasteiger charge is -2.17. The molecule has 0 aliphatic rings. The van der Waals surface area contributed by atoms with Gasteiger partial charge in [0.2, 0.25) is 11.1 Å². The Balaban J connectivity index is 1.86. The first kappa shape index (κ1) is 19.9. The lowest BCUT2D eigenvalue weighted by atomic mass is 10.1. The summed E-state index contributed by atoms with van der Waals surface area (Å²) >= 11 is 7.42. The van der Waals surface area contributed by atoms with E-state index in [9.17, 15) is 4.79 Å². The molecule has 0 aliphatic carbocycles. The third kappa shape index (κ3) is 4.71. The van der Waals surface area contributed by atoms with E-state index in [1.165, 1.54) is 18.9 Å². The van der Waals surface area contributed by atoms with Crippen LogP contribution in [0.15, 0.2) is 66.3 Å². The van der Waals surface area contributed by atoms with Crippen molar-refractivity contribution >= 4 is 35.0 Å². The maximum absolute atomic E-state index is 13.1. The van der Waals surface area contributed by atoms with Crippen molar-refractivity contribution < 1.29 is 9.53 Å². The van der Waals surface area contributed by atoms with Crippen molar-refractivity contribution in [2.75, 3.05) is 12.4 Å². The van der Waals surface area contributed by atoms with Gasteiger partial charge in [-0.25, -0.2) is 4.68 Å². The number of anilines is 1. The number of halogens is 1. The van der Waals surface area contributed by atoms with Crippen LogP contribution in [0.5, 0.6) is 5.75 Å². The molecule has 7 nitrogen and oxygen atoms in total. The van der Waals surface area contributed by atoms with Crippen molar-refractivity contribution in [2.24, 2.45) is 0 Å². The Labute approximate surface area is 171 Å². The summed E-state index contributed by atoms with van der Waals surface area (Å²) in [7, 11) is 1.54. The highest BCUT2D eigenvalue weighted by molar-refractivity contribution is 8.00. The monoisotopic (exact) mass is 415 g/mol. The first-order chi connectivity index (χ1) is 13.6. The molecule has 1 heterocycles. The Hall–Kier alpha value is -2.84. The number of methoxy groups -OCH3 is 1. The fraction of sp³-hybridized carbons (Fsp3) is 0.158. The van der Waals surface area contributed by atoms with Gasteiger partial charge in [0.1, 0.15) is 11.0 Å². The lowest BCUT2D eigenvalue weighted by molar-refractivity contribution is -0.115. The van der Waals surface area contributed by atoms with Crippen LogP contribution in [-0.2, 0) is 11.3 Å². The number of ether oxygens (including phenoxy) is 1. The zero-order valence-corrected chi connectivity index (χ0v) is 16.7. The Morgan fingerprint density at radius 3 is 2.82 bits per heavy atom. The second kappa shape index (κ2) is 9.38. The number of tetrazole rings is 1. The number of allylic oxidation sites excluding steroid dienone is 1. The fourth-order valence-corrected chi connectivity index (χ4v) is 3.72. The molecule has 1 aromatic heterocycles. The fourth-order valence-electron chi connectivity index (χ4n) is 2.48. The number of aromatic nitrogens is 4. The minimum atomic E-state index is -0.559. The van der Waals surface area contributed by atoms with E-state index in [0.29, 0.717) is 28.2 Å². The molecule has 0 saturated heterocycles. The van der Waals surface area contributed by atoms with E-state index in [0.717, 1.165) is 5.56 Å². The molecule has 0 aliphatic heterocycles. The van der Waals surface area contributed by atoms with Crippen LogP contribution in [0.1, 0.15) is 10.8 Å². The minimum absolute atomic E-state index is 0.217. The molecule has 144 valence electrons. The molecule has 1 amide bonds. The number of carbonyl (C=O) groups excluding carboxylic acids is 1. The van der Waals surface area contributed by atoms with Crippen LogP contribution >= 0.6 is 23.4 Å². The summed E-state index contributed by atoms with van der Waals surface area (Å²) in [5, 5.41) is 14.9. The number of hydrogen-bond acceptors (Lipinski definition) is 6. The van der Waals surface area contributed by atoms with Gasteiger partial charge in [0.05, 0.1) is 18.7 Å². The van der Waals surface area contributed by atoms with Crippen LogP contribution in [0.25, 0.3) is 0 Å². The number of nitrogens with one attached hydrogen (secondary N) is 1. The predicted octanol–water partition coefficient (Wildman–Crippen LogP) is 3.99. The molecule has 1 atom stereocenters. The second-order valence-corrected chi connectivity index (χ2v) is 7.16. The van der Waals surface area contributed by atoms with Gasteiger partial charge in [0, 0.05) is 5.69 Å². The molecule has 3 aromatic rings. The van der Waals surface area contributed by atoms with Crippen LogP contribution in [0.4, 0.5) is 5.69 Å². The van der Waals surface area contributed by atoms with Gasteiger partial charge >= 0.3 is 0 Å². The smallest absolute Gasteiger partial charge is 0.242 e. The normalized spacial score (nSPS) is 11.6. The molecule has 0 fully saturated rings. The average Bonchev–Trinajstić information content (AvgIpc) is 3.14. The minimum Gasteiger partial charge on any atom is -0.495 e. The van der Waals surface area contributed by atoms with Gasteiger partial charge in [0.25, 0.3) is 0 Å². The van der Waals surface area contributed by atoms with Crippen LogP contribution < -0.4 is 10.1 Å². The SMILES string of the molecule is C=CCn1nnnc1SC(C(=O)Nc1ccc(OC)c(Cl)c1)c1ccccc1. The maximum Gasteiger partial charge on any atom is 0.242 e. The zero-order chi connectivity index (χ0) is 19.9. The van der Waals surface area contributed by atoms with Crippen LogP contribution in [0.2, 0.25) is 5.02 Å². The third-order valence-corrected chi connectivity index (χ3v) is 5.30. The highest BCUT2D eigenvalue weighted by Gasteiger charge is 2.25. The highest BCUT2D eigenvalue weighted by atomic mass is 35.5. The summed E-state index contributed by atoms with van der Waals surface area (Å²) in [6.07, 6.45) is 1.69. The number of amides is 1. The van der Waals surface area contributed by atoms with E-state index in [1.54, 1.807) is 29.0 Å². The van der Waals surface area contributed by atoms with E-state index in [2.05, 4.69) is 27.4 Å². The summed E-state index contributed by atoms with van der Waals surface area (Å²) in [5.74, 6) is 0.322. The van der Waals surface area contributed by atoms with Crippen molar-refractivity contribution in [3.05, 3.63) is 71.8 Å². The van der Waals surface area contributed by atoms with Gasteiger partial charge in [-0.15, -0.1) is 11.7 Å². The van der Waals surface area contributed by atoms with E-state index in [-0.39, 0.29) is 5.91 Å². The summed E-state index contributed by atoms with van der Waals surface area (Å²) in [6, 6.07) is 14.5. The summed E-state index contributed by atoms with van der Waals surface area (Å²) in [6.45, 7) is 4.15. The van der Waals surface area contributed by atoms with Crippen LogP contribution in [0, 0.1) is 0 Å². The standard InChI is InChI=1S/C19H18ClN5O2S/c1-3-11-25-19(22-23-24-25)28-17(13-7-5-4-6-8-13)18(26)21-14-9-10-16(27-2)15(20)12-14/h3-10,12,17H,1,11H2,2H3,(H,21,26). The Bertz CT molecular complexity index is 964. The maximum atomic E-state index is 13.1. The summed E-state index contributed by atoms with van der Waals surface area (Å²) in [5.41, 5.74) is 1.40. The zero-order valence-electron chi connectivity index (χ0n) is 15.1. The molecule has 0 radical (unpaired) electrons. The number of benzene rings is 2. The van der Waals surface area contributed by atoms with Crippen molar-refractivity contribution in [1.29, 1.82) is 0 Å². The summed E-state index contributed by atoms with van der Waals surface area (Å²) < 4.78 is 6.73. The molecule has 1 N–H and O–H groups in total. The van der Waals surface area contributed by atoms with Gasteiger partial charge in [-0.05, 0) is 34.2 Å². The van der Waals surface area contributed by atoms with Crippen molar-refractivity contribution in [3.8, 4) is 5.75 Å². The molecule has 2 aromatic carbocycles. The molecular formula is C19H18ClN5O2S. The molecule has 3 rings (SSSR count). The largest absolute Gasteiger partial charge is 0.495 e. The van der Waals surface area contributed by atoms with Gasteiger partial charge in [-0.1, -0.05) is 59.8 Å². The number of thioether (sulfide) groups is 1. The molecule has 0 spiro atoms. The molecule has 0 bridgehead atoms. The Kier molecular flexibility index (Phi) is 6.67. The topological polar surface area (TPSA) is 81.9 Å². The van der Waals surface area contributed by atoms with Crippen LogP contribution in [-0.4, -0.2) is 33.2 Å². The second-order valence-electron chi connectivity index (χ2n) is 5.68. The van der Waals surface area contributed by atoms with Crippen molar-refractivity contribution in [3.63, 3.8) is 0 Å². The van der Waals surface area contributed by atoms with Crippen molar-refractivity contribution in [2.45, 2.75) is 17.0 Å². The molecule has 28 heavy (non-hydrogen) atoms. The number of carbonyl (C=O) groups is 1. The van der Waals surface area contributed by atoms with Gasteiger partial charge in [0.15, 0.2) is 0 Å². The van der Waals surface area contributed by atoms with Crippen molar-refractivity contribution in [1.82, 2.24) is 20.2 Å². The molecule has 9 heteroatoms. The Morgan fingerprint density at radius 1 is 1.36 bits per heavy atom. The van der Waals surface area contributed by atoms with E-state index < -0.39 is 5.25 Å². The first-order valence-electron chi connectivity index (χ1n) is 8.35. The van der Waals surface area contributed by atoms with E-state index in [1.807, 2.05) is 30.3 Å². The highest BCUT2D eigenvalue weighted by Crippen LogP contribution is 2.35. The van der Waals surface area contributed by atoms with Crippen LogP contribution in [0.3, 0.4) is 0 Å². The third-order valence-electron chi connectivity index (χ3n) is 3.78. The predicted molar refractivity (Wildman–Crippen MR) is 110 cm³/mol. The first-order valence-corrected chi connectivity index (χ1v) is 9.61. The number of hydrogen-bond donors (Lipinski definition) is 1. The van der Waals surface area contributed by atoms with Gasteiger partial charge in [-0.2, -0.15) is 0 Å².